The van der Waals surface area contributed by atoms with E-state index in [4.69, 9.17) is 4.42 Å². The summed E-state index contributed by atoms with van der Waals surface area (Å²) in [7, 11) is -3.08. The molecule has 1 aliphatic rings. The summed E-state index contributed by atoms with van der Waals surface area (Å²) in [5.74, 6) is 0.735. The highest BCUT2D eigenvalue weighted by Gasteiger charge is 2.35. The Hall–Kier alpha value is -2.28. The number of hydrogen-bond donors (Lipinski definition) is 1. The number of carbonyl (C=O) groups is 1. The zero-order valence-electron chi connectivity index (χ0n) is 12.5. The molecular formula is C16H18N2O4S. The maximum Gasteiger partial charge on any atom is 0.322 e. The number of hydrogen-bond acceptors (Lipinski definition) is 4. The molecule has 0 bridgehead atoms. The van der Waals surface area contributed by atoms with Gasteiger partial charge in [0.05, 0.1) is 24.3 Å². The van der Waals surface area contributed by atoms with Crippen LogP contribution in [-0.4, -0.2) is 36.9 Å². The van der Waals surface area contributed by atoms with Crippen molar-refractivity contribution in [3.8, 4) is 0 Å². The van der Waals surface area contributed by atoms with Gasteiger partial charge in [-0.05, 0) is 30.7 Å². The summed E-state index contributed by atoms with van der Waals surface area (Å²) >= 11 is 0. The minimum absolute atomic E-state index is 0.00405. The van der Waals surface area contributed by atoms with Crippen molar-refractivity contribution < 1.29 is 17.6 Å². The standard InChI is InChI=1S/C16H18N2O4S/c19-16(17-13-5-2-1-3-6-13)18(11-15-7-4-9-22-15)14-8-10-23(20,21)12-14/h1-7,9,14H,8,10-12H2,(H,17,19)/t14-/m1/s1. The number of anilines is 1. The largest absolute Gasteiger partial charge is 0.467 e. The number of nitrogens with one attached hydrogen (secondary N) is 1. The lowest BCUT2D eigenvalue weighted by Crippen LogP contribution is -2.43. The first-order valence-electron chi connectivity index (χ1n) is 7.39. The molecule has 2 heterocycles. The Morgan fingerprint density at radius 2 is 2.00 bits per heavy atom. The van der Waals surface area contributed by atoms with Crippen molar-refractivity contribution in [2.45, 2.75) is 19.0 Å². The number of urea groups is 1. The third-order valence-corrected chi connectivity index (χ3v) is 5.59. The second-order valence-corrected chi connectivity index (χ2v) is 7.79. The minimum atomic E-state index is -3.08. The van der Waals surface area contributed by atoms with Crippen LogP contribution in [0, 0.1) is 0 Å². The molecule has 1 atom stereocenters. The fourth-order valence-electron chi connectivity index (χ4n) is 2.68. The molecule has 2 amide bonds. The summed E-state index contributed by atoms with van der Waals surface area (Å²) in [4.78, 5) is 14.2. The highest BCUT2D eigenvalue weighted by molar-refractivity contribution is 7.91. The van der Waals surface area contributed by atoms with Gasteiger partial charge < -0.3 is 14.6 Å². The van der Waals surface area contributed by atoms with Crippen molar-refractivity contribution in [2.75, 3.05) is 16.8 Å². The van der Waals surface area contributed by atoms with Crippen LogP contribution < -0.4 is 5.32 Å². The zero-order valence-corrected chi connectivity index (χ0v) is 13.3. The fraction of sp³-hybridized carbons (Fsp3) is 0.312. The molecule has 0 unspecified atom stereocenters. The number of rotatable bonds is 4. The van der Waals surface area contributed by atoms with Crippen molar-refractivity contribution >= 4 is 21.6 Å². The molecule has 2 aromatic rings. The Morgan fingerprint density at radius 3 is 2.61 bits per heavy atom. The molecule has 23 heavy (non-hydrogen) atoms. The van der Waals surface area contributed by atoms with Crippen LogP contribution in [0.15, 0.2) is 53.1 Å². The molecule has 1 N–H and O–H groups in total. The molecule has 1 aromatic heterocycles. The van der Waals surface area contributed by atoms with Gasteiger partial charge in [0.2, 0.25) is 0 Å². The third kappa shape index (κ3) is 3.92. The quantitative estimate of drug-likeness (QED) is 0.931. The van der Waals surface area contributed by atoms with Crippen LogP contribution in [0.1, 0.15) is 12.2 Å². The van der Waals surface area contributed by atoms with E-state index in [0.717, 1.165) is 0 Å². The van der Waals surface area contributed by atoms with Crippen molar-refractivity contribution in [1.29, 1.82) is 0 Å². The summed E-state index contributed by atoms with van der Waals surface area (Å²) in [5, 5.41) is 2.81. The molecule has 0 spiro atoms. The Labute approximate surface area is 135 Å². The Bertz CT molecular complexity index is 757. The molecule has 6 nitrogen and oxygen atoms in total. The molecule has 122 valence electrons. The van der Waals surface area contributed by atoms with Crippen LogP contribution in [0.5, 0.6) is 0 Å². The average Bonchev–Trinajstić information content (AvgIpc) is 3.15. The molecule has 1 saturated heterocycles. The van der Waals surface area contributed by atoms with Gasteiger partial charge in [0.15, 0.2) is 9.84 Å². The normalized spacial score (nSPS) is 19.4. The Balaban J connectivity index is 1.78. The van der Waals surface area contributed by atoms with Gasteiger partial charge >= 0.3 is 6.03 Å². The van der Waals surface area contributed by atoms with Crippen LogP contribution in [-0.2, 0) is 16.4 Å². The Kier molecular flexibility index (Phi) is 4.38. The van der Waals surface area contributed by atoms with Crippen molar-refractivity contribution in [1.82, 2.24) is 4.90 Å². The van der Waals surface area contributed by atoms with Gasteiger partial charge in [-0.3, -0.25) is 0 Å². The minimum Gasteiger partial charge on any atom is -0.467 e. The molecule has 7 heteroatoms. The molecule has 0 aliphatic carbocycles. The van der Waals surface area contributed by atoms with Gasteiger partial charge in [0, 0.05) is 11.7 Å². The van der Waals surface area contributed by atoms with Gasteiger partial charge in [-0.1, -0.05) is 18.2 Å². The van der Waals surface area contributed by atoms with E-state index in [9.17, 15) is 13.2 Å². The SMILES string of the molecule is O=C(Nc1ccccc1)N(Cc1ccco1)[C@@H]1CCS(=O)(=O)C1. The van der Waals surface area contributed by atoms with E-state index in [-0.39, 0.29) is 30.1 Å². The molecule has 1 fully saturated rings. The molecule has 0 radical (unpaired) electrons. The van der Waals surface area contributed by atoms with Gasteiger partial charge in [0.25, 0.3) is 0 Å². The van der Waals surface area contributed by atoms with Gasteiger partial charge in [-0.2, -0.15) is 0 Å². The van der Waals surface area contributed by atoms with Crippen LogP contribution in [0.25, 0.3) is 0 Å². The summed E-state index contributed by atoms with van der Waals surface area (Å²) < 4.78 is 28.8. The monoisotopic (exact) mass is 334 g/mol. The van der Waals surface area contributed by atoms with Crippen molar-refractivity contribution in [3.63, 3.8) is 0 Å². The maximum atomic E-state index is 12.6. The van der Waals surface area contributed by atoms with Gasteiger partial charge in [0.1, 0.15) is 5.76 Å². The van der Waals surface area contributed by atoms with E-state index < -0.39 is 9.84 Å². The van der Waals surface area contributed by atoms with E-state index >= 15 is 0 Å². The third-order valence-electron chi connectivity index (χ3n) is 3.84. The van der Waals surface area contributed by atoms with E-state index in [1.807, 2.05) is 18.2 Å². The fourth-order valence-corrected chi connectivity index (χ4v) is 4.41. The molecule has 0 saturated carbocycles. The number of para-hydroxylation sites is 1. The lowest BCUT2D eigenvalue weighted by Gasteiger charge is -2.27. The van der Waals surface area contributed by atoms with E-state index in [1.54, 1.807) is 24.3 Å². The van der Waals surface area contributed by atoms with Gasteiger partial charge in [-0.25, -0.2) is 13.2 Å². The first-order valence-corrected chi connectivity index (χ1v) is 9.21. The second kappa shape index (κ2) is 6.45. The summed E-state index contributed by atoms with van der Waals surface area (Å²) in [6.07, 6.45) is 1.99. The highest BCUT2D eigenvalue weighted by Crippen LogP contribution is 2.21. The van der Waals surface area contributed by atoms with Crippen molar-refractivity contribution in [2.24, 2.45) is 0 Å². The topological polar surface area (TPSA) is 79.6 Å². The Morgan fingerprint density at radius 1 is 1.22 bits per heavy atom. The maximum absolute atomic E-state index is 12.6. The number of carbonyl (C=O) groups excluding carboxylic acids is 1. The summed E-state index contributed by atoms with van der Waals surface area (Å²) in [6.45, 7) is 0.242. The first kappa shape index (κ1) is 15.6. The second-order valence-electron chi connectivity index (χ2n) is 5.56. The zero-order chi connectivity index (χ0) is 16.3. The number of nitrogens with zero attached hydrogens (tertiary/aromatic N) is 1. The average molecular weight is 334 g/mol. The van der Waals surface area contributed by atoms with Crippen LogP contribution in [0.4, 0.5) is 10.5 Å². The summed E-state index contributed by atoms with van der Waals surface area (Å²) in [5.41, 5.74) is 0.669. The molecular weight excluding hydrogens is 316 g/mol. The smallest absolute Gasteiger partial charge is 0.322 e. The number of amides is 2. The lowest BCUT2D eigenvalue weighted by molar-refractivity contribution is 0.184. The van der Waals surface area contributed by atoms with Crippen LogP contribution in [0.3, 0.4) is 0 Å². The molecule has 1 aromatic carbocycles. The van der Waals surface area contributed by atoms with Crippen LogP contribution >= 0.6 is 0 Å². The number of sulfone groups is 1. The number of furan rings is 1. The number of benzene rings is 1. The van der Waals surface area contributed by atoms with E-state index in [1.165, 1.54) is 11.2 Å². The van der Waals surface area contributed by atoms with E-state index in [2.05, 4.69) is 5.32 Å². The predicted octanol–water partition coefficient (Wildman–Crippen LogP) is 2.50. The van der Waals surface area contributed by atoms with Gasteiger partial charge in [-0.15, -0.1) is 0 Å². The summed E-state index contributed by atoms with van der Waals surface area (Å²) in [6, 6.07) is 11.9. The highest BCUT2D eigenvalue weighted by atomic mass is 32.2. The first-order chi connectivity index (χ1) is 11.0. The predicted molar refractivity (Wildman–Crippen MR) is 86.8 cm³/mol. The lowest BCUT2D eigenvalue weighted by atomic mass is 10.2. The molecule has 3 rings (SSSR count). The molecule has 1 aliphatic heterocycles. The van der Waals surface area contributed by atoms with E-state index in [0.29, 0.717) is 17.9 Å². The van der Waals surface area contributed by atoms with Crippen LogP contribution in [0.2, 0.25) is 0 Å². The van der Waals surface area contributed by atoms with Crippen molar-refractivity contribution in [3.05, 3.63) is 54.5 Å².